The zero-order chi connectivity index (χ0) is 14.6. The van der Waals surface area contributed by atoms with Gasteiger partial charge in [0.1, 0.15) is 0 Å². The van der Waals surface area contributed by atoms with E-state index in [1.807, 2.05) is 6.92 Å². The van der Waals surface area contributed by atoms with Crippen molar-refractivity contribution in [2.75, 3.05) is 13.1 Å². The predicted octanol–water partition coefficient (Wildman–Crippen LogP) is 3.27. The van der Waals surface area contributed by atoms with Crippen LogP contribution in [-0.4, -0.2) is 37.1 Å². The Hall–Kier alpha value is -0.500. The van der Waals surface area contributed by atoms with Crippen molar-refractivity contribution in [3.8, 4) is 0 Å². The van der Waals surface area contributed by atoms with Gasteiger partial charge in [0.05, 0.1) is 5.60 Å². The molecule has 0 aromatic heterocycles. The predicted molar refractivity (Wildman–Crippen MR) is 54.2 cm³/mol. The van der Waals surface area contributed by atoms with Crippen LogP contribution in [0, 0.1) is 0 Å². The quantitative estimate of drug-likeness (QED) is 0.596. The van der Waals surface area contributed by atoms with Gasteiger partial charge >= 0.3 is 12.4 Å². The molecular weight excluding hydrogens is 264 g/mol. The van der Waals surface area contributed by atoms with Gasteiger partial charge < -0.3 is 10.1 Å². The minimum Gasteiger partial charge on any atom is -0.354 e. The molecule has 8 heteroatoms. The molecule has 18 heavy (non-hydrogen) atoms. The summed E-state index contributed by atoms with van der Waals surface area (Å²) in [4.78, 5) is 0. The fourth-order valence-electron chi connectivity index (χ4n) is 1.25. The fraction of sp³-hybridized carbons (Fsp3) is 1.00. The molecule has 0 aliphatic carbocycles. The molecule has 110 valence electrons. The number of ether oxygens (including phenoxy) is 1. The number of hydrogen-bond acceptors (Lipinski definition) is 2. The van der Waals surface area contributed by atoms with E-state index in [1.165, 1.54) is 13.8 Å². The van der Waals surface area contributed by atoms with Gasteiger partial charge in [-0.05, 0) is 26.8 Å². The molecule has 0 aromatic rings. The van der Waals surface area contributed by atoms with Gasteiger partial charge in [0.15, 0.2) is 0 Å². The van der Waals surface area contributed by atoms with Gasteiger partial charge in [-0.3, -0.25) is 0 Å². The molecule has 0 rings (SSSR count). The van der Waals surface area contributed by atoms with Crippen molar-refractivity contribution in [1.82, 2.24) is 5.32 Å². The molecule has 1 N–H and O–H groups in total. The first kappa shape index (κ1) is 17.5. The van der Waals surface area contributed by atoms with E-state index in [1.54, 1.807) is 0 Å². The summed E-state index contributed by atoms with van der Waals surface area (Å²) in [5, 5.41) is 2.72. The van der Waals surface area contributed by atoms with Crippen LogP contribution in [0.1, 0.15) is 27.2 Å². The lowest BCUT2D eigenvalue weighted by atomic mass is 10.1. The molecule has 0 radical (unpaired) electrons. The van der Waals surface area contributed by atoms with Gasteiger partial charge in [-0.15, -0.1) is 0 Å². The first-order valence-electron chi connectivity index (χ1n) is 5.42. The Kier molecular flexibility index (Phi) is 5.93. The third-order valence-corrected chi connectivity index (χ3v) is 2.01. The largest absolute Gasteiger partial charge is 0.423 e. The lowest BCUT2D eigenvalue weighted by molar-refractivity contribution is -0.340. The smallest absolute Gasteiger partial charge is 0.354 e. The van der Waals surface area contributed by atoms with Crippen molar-refractivity contribution in [3.63, 3.8) is 0 Å². The Bertz CT molecular complexity index is 234. The topological polar surface area (TPSA) is 21.3 Å². The highest BCUT2D eigenvalue weighted by molar-refractivity contribution is 4.82. The van der Waals surface area contributed by atoms with Crippen LogP contribution in [0.25, 0.3) is 0 Å². The van der Waals surface area contributed by atoms with Gasteiger partial charge in [-0.2, -0.15) is 26.3 Å². The van der Waals surface area contributed by atoms with Crippen molar-refractivity contribution in [2.24, 2.45) is 0 Å². The highest BCUT2D eigenvalue weighted by atomic mass is 19.4. The molecular formula is C10H17F6NO. The monoisotopic (exact) mass is 281 g/mol. The maximum atomic E-state index is 12.3. The minimum absolute atomic E-state index is 0.0938. The molecule has 0 bridgehead atoms. The van der Waals surface area contributed by atoms with Crippen LogP contribution in [0.4, 0.5) is 26.3 Å². The molecule has 0 saturated heterocycles. The Labute approximate surface area is 102 Å². The van der Waals surface area contributed by atoms with E-state index < -0.39 is 24.1 Å². The maximum absolute atomic E-state index is 12.3. The maximum Gasteiger partial charge on any atom is 0.423 e. The summed E-state index contributed by atoms with van der Waals surface area (Å²) in [6.07, 6.45) is -14.0. The van der Waals surface area contributed by atoms with E-state index in [0.29, 0.717) is 6.54 Å². The average Bonchev–Trinajstić information content (AvgIpc) is 2.11. The molecule has 0 heterocycles. The van der Waals surface area contributed by atoms with Crippen LogP contribution in [-0.2, 0) is 4.74 Å². The van der Waals surface area contributed by atoms with Crippen molar-refractivity contribution < 1.29 is 31.1 Å². The average molecular weight is 281 g/mol. The van der Waals surface area contributed by atoms with Gasteiger partial charge in [0.25, 0.3) is 0 Å². The van der Waals surface area contributed by atoms with Crippen LogP contribution in [0.15, 0.2) is 0 Å². The Balaban J connectivity index is 4.67. The first-order chi connectivity index (χ1) is 7.90. The van der Waals surface area contributed by atoms with Crippen molar-refractivity contribution >= 4 is 0 Å². The number of alkyl halides is 6. The van der Waals surface area contributed by atoms with E-state index in [0.717, 1.165) is 6.42 Å². The van der Waals surface area contributed by atoms with Crippen molar-refractivity contribution in [3.05, 3.63) is 0 Å². The number of rotatable bonds is 6. The second-order valence-corrected chi connectivity index (χ2v) is 4.52. The van der Waals surface area contributed by atoms with Gasteiger partial charge in [-0.25, -0.2) is 0 Å². The number of halogens is 6. The second-order valence-electron chi connectivity index (χ2n) is 4.52. The highest BCUT2D eigenvalue weighted by Crippen LogP contribution is 2.37. The normalized spacial score (nSPS) is 14.3. The molecule has 2 nitrogen and oxygen atoms in total. The molecule has 0 aliphatic heterocycles. The van der Waals surface area contributed by atoms with Crippen LogP contribution in [0.5, 0.6) is 0 Å². The van der Waals surface area contributed by atoms with Crippen molar-refractivity contribution in [2.45, 2.75) is 51.2 Å². The van der Waals surface area contributed by atoms with Crippen LogP contribution >= 0.6 is 0 Å². The standard InChI is InChI=1S/C10H17F6NO/c1-4-5-17-6-8(2,3)18-7(9(11,12)13)10(14,15)16/h7,17H,4-6H2,1-3H3. The Morgan fingerprint density at radius 1 is 1.00 bits per heavy atom. The summed E-state index contributed by atoms with van der Waals surface area (Å²) in [7, 11) is 0. The van der Waals surface area contributed by atoms with Crippen LogP contribution < -0.4 is 5.32 Å². The van der Waals surface area contributed by atoms with Crippen LogP contribution in [0.2, 0.25) is 0 Å². The summed E-state index contributed by atoms with van der Waals surface area (Å²) in [6.45, 7) is 4.59. The fourth-order valence-corrected chi connectivity index (χ4v) is 1.25. The Morgan fingerprint density at radius 2 is 1.44 bits per heavy atom. The zero-order valence-corrected chi connectivity index (χ0v) is 10.4. The molecule has 0 aliphatic rings. The lowest BCUT2D eigenvalue weighted by Crippen LogP contribution is -2.51. The molecule has 0 aromatic carbocycles. The molecule has 0 amide bonds. The molecule has 0 unspecified atom stereocenters. The zero-order valence-electron chi connectivity index (χ0n) is 10.4. The summed E-state index contributed by atoms with van der Waals surface area (Å²) in [6, 6.07) is 0. The molecule has 0 spiro atoms. The van der Waals surface area contributed by atoms with E-state index >= 15 is 0 Å². The SMILES string of the molecule is CCCNCC(C)(C)OC(C(F)(F)F)C(F)(F)F. The molecule has 0 fully saturated rings. The first-order valence-corrected chi connectivity index (χ1v) is 5.42. The molecule has 0 saturated carbocycles. The van der Waals surface area contributed by atoms with E-state index in [2.05, 4.69) is 10.1 Å². The van der Waals surface area contributed by atoms with Crippen LogP contribution in [0.3, 0.4) is 0 Å². The second kappa shape index (κ2) is 6.10. The van der Waals surface area contributed by atoms with Gasteiger partial charge in [0, 0.05) is 6.54 Å². The molecule has 0 atom stereocenters. The van der Waals surface area contributed by atoms with E-state index in [4.69, 9.17) is 0 Å². The van der Waals surface area contributed by atoms with E-state index in [-0.39, 0.29) is 6.54 Å². The highest BCUT2D eigenvalue weighted by Gasteiger charge is 2.59. The van der Waals surface area contributed by atoms with Gasteiger partial charge in [-0.1, -0.05) is 6.92 Å². The third kappa shape index (κ3) is 6.44. The lowest BCUT2D eigenvalue weighted by Gasteiger charge is -2.33. The Morgan fingerprint density at radius 3 is 1.78 bits per heavy atom. The summed E-state index contributed by atoms with van der Waals surface area (Å²) < 4.78 is 77.8. The van der Waals surface area contributed by atoms with E-state index in [9.17, 15) is 26.3 Å². The van der Waals surface area contributed by atoms with Gasteiger partial charge in [0.2, 0.25) is 6.10 Å². The van der Waals surface area contributed by atoms with Crippen molar-refractivity contribution in [1.29, 1.82) is 0 Å². The summed E-state index contributed by atoms with van der Waals surface area (Å²) >= 11 is 0. The third-order valence-electron chi connectivity index (χ3n) is 2.01. The minimum atomic E-state index is -5.47. The number of hydrogen-bond donors (Lipinski definition) is 1. The number of nitrogens with one attached hydrogen (secondary N) is 1. The summed E-state index contributed by atoms with van der Waals surface area (Å²) in [5.41, 5.74) is -1.56. The summed E-state index contributed by atoms with van der Waals surface area (Å²) in [5.74, 6) is 0.